The van der Waals surface area contributed by atoms with Gasteiger partial charge in [-0.3, -0.25) is 4.79 Å². The number of benzene rings is 1. The summed E-state index contributed by atoms with van der Waals surface area (Å²) in [6.45, 7) is 0. The summed E-state index contributed by atoms with van der Waals surface area (Å²) >= 11 is 3.14. The number of thiophene rings is 1. The Labute approximate surface area is 157 Å². The average molecular weight is 383 g/mol. The molecule has 0 saturated heterocycles. The van der Waals surface area contributed by atoms with Gasteiger partial charge in [-0.05, 0) is 47.8 Å². The molecular formula is C18H13N3O3S2. The molecule has 1 amide bonds. The van der Waals surface area contributed by atoms with Crippen molar-refractivity contribution in [2.45, 2.75) is 4.21 Å². The van der Waals surface area contributed by atoms with Crippen molar-refractivity contribution in [3.8, 4) is 23.0 Å². The molecule has 6 nitrogen and oxygen atoms in total. The Morgan fingerprint density at radius 1 is 1.15 bits per heavy atom. The topological polar surface area (TPSA) is 81.2 Å². The van der Waals surface area contributed by atoms with Crippen LogP contribution in [0.4, 0.5) is 5.69 Å². The molecule has 4 rings (SSSR count). The summed E-state index contributed by atoms with van der Waals surface area (Å²) in [4.78, 5) is 16.3. The number of anilines is 1. The number of rotatable bonds is 6. The monoisotopic (exact) mass is 383 g/mol. The van der Waals surface area contributed by atoms with Crippen LogP contribution in [0.3, 0.4) is 0 Å². The maximum atomic E-state index is 12.0. The molecule has 8 heteroatoms. The fourth-order valence-electron chi connectivity index (χ4n) is 2.22. The highest BCUT2D eigenvalue weighted by Gasteiger charge is 2.12. The van der Waals surface area contributed by atoms with Crippen molar-refractivity contribution in [1.82, 2.24) is 10.1 Å². The summed E-state index contributed by atoms with van der Waals surface area (Å²) in [6, 6.07) is 14.8. The van der Waals surface area contributed by atoms with E-state index in [1.165, 1.54) is 11.8 Å². The number of furan rings is 1. The van der Waals surface area contributed by atoms with Gasteiger partial charge in [-0.1, -0.05) is 11.2 Å². The number of carbonyl (C=O) groups is 1. The number of amides is 1. The van der Waals surface area contributed by atoms with Crippen LogP contribution in [-0.2, 0) is 4.79 Å². The summed E-state index contributed by atoms with van der Waals surface area (Å²) in [5.41, 5.74) is 1.48. The highest BCUT2D eigenvalue weighted by atomic mass is 32.2. The second kappa shape index (κ2) is 7.59. The largest absolute Gasteiger partial charge is 0.461 e. The van der Waals surface area contributed by atoms with Gasteiger partial charge in [0.25, 0.3) is 5.89 Å². The van der Waals surface area contributed by atoms with Crippen molar-refractivity contribution < 1.29 is 13.7 Å². The van der Waals surface area contributed by atoms with Gasteiger partial charge in [-0.25, -0.2) is 0 Å². The first-order chi connectivity index (χ1) is 12.8. The minimum atomic E-state index is -0.0472. The molecule has 0 saturated carbocycles. The Morgan fingerprint density at radius 2 is 2.04 bits per heavy atom. The lowest BCUT2D eigenvalue weighted by Gasteiger charge is -2.04. The van der Waals surface area contributed by atoms with Crippen LogP contribution in [0.2, 0.25) is 0 Å². The number of carbonyl (C=O) groups excluding carboxylic acids is 1. The Kier molecular flexibility index (Phi) is 4.85. The first-order valence-corrected chi connectivity index (χ1v) is 9.58. The average Bonchev–Trinajstić information content (AvgIpc) is 3.42. The number of thioether (sulfide) groups is 1. The summed E-state index contributed by atoms with van der Waals surface area (Å²) in [6.07, 6.45) is 1.56. The second-order valence-electron chi connectivity index (χ2n) is 5.25. The number of nitrogens with one attached hydrogen (secondary N) is 1. The third-order valence-electron chi connectivity index (χ3n) is 3.42. The maximum absolute atomic E-state index is 12.0. The fraction of sp³-hybridized carbons (Fsp3) is 0.0556. The van der Waals surface area contributed by atoms with E-state index >= 15 is 0 Å². The molecule has 3 aromatic heterocycles. The van der Waals surface area contributed by atoms with E-state index in [9.17, 15) is 4.79 Å². The minimum Gasteiger partial charge on any atom is -0.461 e. The molecule has 0 aliphatic carbocycles. The van der Waals surface area contributed by atoms with Crippen LogP contribution in [0.25, 0.3) is 23.0 Å². The van der Waals surface area contributed by atoms with Crippen LogP contribution in [0, 0.1) is 0 Å². The molecular weight excluding hydrogens is 370 g/mol. The van der Waals surface area contributed by atoms with Gasteiger partial charge in [0.15, 0.2) is 5.76 Å². The molecule has 26 heavy (non-hydrogen) atoms. The highest BCUT2D eigenvalue weighted by molar-refractivity contribution is 8.01. The normalized spacial score (nSPS) is 10.8. The fourth-order valence-corrected chi connectivity index (χ4v) is 3.81. The van der Waals surface area contributed by atoms with Crippen molar-refractivity contribution in [3.63, 3.8) is 0 Å². The van der Waals surface area contributed by atoms with E-state index in [0.717, 1.165) is 15.5 Å². The van der Waals surface area contributed by atoms with Gasteiger partial charge in [-0.2, -0.15) is 4.98 Å². The molecule has 0 radical (unpaired) electrons. The summed E-state index contributed by atoms with van der Waals surface area (Å²) < 4.78 is 11.6. The summed E-state index contributed by atoms with van der Waals surface area (Å²) in [7, 11) is 0. The third-order valence-corrected chi connectivity index (χ3v) is 5.55. The molecule has 1 N–H and O–H groups in total. The first-order valence-electron chi connectivity index (χ1n) is 7.72. The van der Waals surface area contributed by atoms with Crippen LogP contribution < -0.4 is 5.32 Å². The zero-order chi connectivity index (χ0) is 17.8. The minimum absolute atomic E-state index is 0.0472. The lowest BCUT2D eigenvalue weighted by atomic mass is 10.2. The lowest BCUT2D eigenvalue weighted by molar-refractivity contribution is -0.113. The standard InChI is InChI=1S/C18H13N3O3S2/c22-15(11-26-16-4-2-10-25-16)19-13-7-5-12(6-8-13)18-20-17(21-24-18)14-3-1-9-23-14/h1-10H,11H2,(H,19,22). The molecule has 3 heterocycles. The smallest absolute Gasteiger partial charge is 0.258 e. The van der Waals surface area contributed by atoms with E-state index in [1.54, 1.807) is 41.9 Å². The van der Waals surface area contributed by atoms with E-state index in [4.69, 9.17) is 8.94 Å². The highest BCUT2D eigenvalue weighted by Crippen LogP contribution is 2.25. The predicted octanol–water partition coefficient (Wildman–Crippen LogP) is 4.79. The zero-order valence-corrected chi connectivity index (χ0v) is 15.0. The molecule has 0 aliphatic heterocycles. The third kappa shape index (κ3) is 3.87. The zero-order valence-electron chi connectivity index (χ0n) is 13.4. The second-order valence-corrected chi connectivity index (χ2v) is 7.47. The number of nitrogens with zero attached hydrogens (tertiary/aromatic N) is 2. The molecule has 0 unspecified atom stereocenters. The molecule has 1 aromatic carbocycles. The van der Waals surface area contributed by atoms with E-state index in [2.05, 4.69) is 15.5 Å². The number of aromatic nitrogens is 2. The van der Waals surface area contributed by atoms with Gasteiger partial charge in [-0.15, -0.1) is 23.1 Å². The Balaban J connectivity index is 1.38. The molecule has 130 valence electrons. The van der Waals surface area contributed by atoms with Gasteiger partial charge >= 0.3 is 0 Å². The van der Waals surface area contributed by atoms with Crippen molar-refractivity contribution in [3.05, 3.63) is 60.2 Å². The SMILES string of the molecule is O=C(CSc1cccs1)Nc1ccc(-c2nc(-c3ccco3)no2)cc1. The van der Waals surface area contributed by atoms with Crippen LogP contribution >= 0.6 is 23.1 Å². The molecule has 0 aliphatic rings. The van der Waals surface area contributed by atoms with Crippen molar-refractivity contribution >= 4 is 34.7 Å². The van der Waals surface area contributed by atoms with Gasteiger partial charge in [0, 0.05) is 11.3 Å². The number of hydrogen-bond donors (Lipinski definition) is 1. The van der Waals surface area contributed by atoms with Crippen LogP contribution in [0.15, 0.2) is 73.3 Å². The van der Waals surface area contributed by atoms with Gasteiger partial charge in [0.2, 0.25) is 11.7 Å². The summed E-state index contributed by atoms with van der Waals surface area (Å²) in [5.74, 6) is 1.66. The van der Waals surface area contributed by atoms with E-state index in [1.807, 2.05) is 29.6 Å². The van der Waals surface area contributed by atoms with Gasteiger partial charge in [0.05, 0.1) is 16.2 Å². The quantitative estimate of drug-likeness (QED) is 0.482. The summed E-state index contributed by atoms with van der Waals surface area (Å²) in [5, 5.41) is 8.77. The Hall–Kier alpha value is -2.84. The molecule has 0 fully saturated rings. The molecule has 0 bridgehead atoms. The van der Waals surface area contributed by atoms with Crippen LogP contribution in [0.1, 0.15) is 0 Å². The van der Waals surface area contributed by atoms with Crippen molar-refractivity contribution in [2.75, 3.05) is 11.1 Å². The maximum Gasteiger partial charge on any atom is 0.258 e. The number of hydrogen-bond acceptors (Lipinski definition) is 7. The van der Waals surface area contributed by atoms with Crippen LogP contribution in [0.5, 0.6) is 0 Å². The van der Waals surface area contributed by atoms with Crippen molar-refractivity contribution in [2.24, 2.45) is 0 Å². The molecule has 0 atom stereocenters. The Bertz CT molecular complexity index is 977. The lowest BCUT2D eigenvalue weighted by Crippen LogP contribution is -2.13. The predicted molar refractivity (Wildman–Crippen MR) is 101 cm³/mol. The molecule has 0 spiro atoms. The van der Waals surface area contributed by atoms with E-state index < -0.39 is 0 Å². The van der Waals surface area contributed by atoms with E-state index in [-0.39, 0.29) is 5.91 Å². The van der Waals surface area contributed by atoms with E-state index in [0.29, 0.717) is 23.2 Å². The van der Waals surface area contributed by atoms with Crippen LogP contribution in [-0.4, -0.2) is 21.8 Å². The van der Waals surface area contributed by atoms with Gasteiger partial charge < -0.3 is 14.3 Å². The molecule has 4 aromatic rings. The van der Waals surface area contributed by atoms with Crippen molar-refractivity contribution in [1.29, 1.82) is 0 Å². The van der Waals surface area contributed by atoms with Gasteiger partial charge in [0.1, 0.15) is 0 Å². The Morgan fingerprint density at radius 3 is 2.77 bits per heavy atom. The first kappa shape index (κ1) is 16.6.